The van der Waals surface area contributed by atoms with Crippen molar-refractivity contribution >= 4 is 18.1 Å². The predicted molar refractivity (Wildman–Crippen MR) is 86.0 cm³/mol. The van der Waals surface area contributed by atoms with Crippen LogP contribution in [0.15, 0.2) is 42.5 Å². The van der Waals surface area contributed by atoms with Crippen molar-refractivity contribution in [3.63, 3.8) is 0 Å². The molecule has 0 heterocycles. The van der Waals surface area contributed by atoms with E-state index >= 15 is 0 Å². The van der Waals surface area contributed by atoms with Crippen molar-refractivity contribution in [3.8, 4) is 0 Å². The summed E-state index contributed by atoms with van der Waals surface area (Å²) in [6, 6.07) is 11.6. The minimum Gasteiger partial charge on any atom is -0.479 e. The molecule has 1 N–H and O–H groups in total. The minimum atomic E-state index is -1.06. The Balaban J connectivity index is 2.59. The van der Waals surface area contributed by atoms with Crippen molar-refractivity contribution in [2.75, 3.05) is 4.90 Å². The summed E-state index contributed by atoms with van der Waals surface area (Å²) in [7, 11) is 0. The molecule has 22 heavy (non-hydrogen) atoms. The lowest BCUT2D eigenvalue weighted by Crippen LogP contribution is -2.34. The first-order chi connectivity index (χ1) is 10.5. The molecular weight excluding hydrogens is 278 g/mol. The molecule has 0 aliphatic heterocycles. The fourth-order valence-electron chi connectivity index (χ4n) is 2.88. The van der Waals surface area contributed by atoms with Gasteiger partial charge in [0.1, 0.15) is 0 Å². The summed E-state index contributed by atoms with van der Waals surface area (Å²) in [6.07, 6.45) is 0.594. The summed E-state index contributed by atoms with van der Waals surface area (Å²) in [4.78, 5) is 24.7. The number of anilines is 1. The van der Waals surface area contributed by atoms with E-state index in [9.17, 15) is 14.7 Å². The van der Waals surface area contributed by atoms with Gasteiger partial charge in [-0.25, -0.2) is 4.79 Å². The zero-order valence-electron chi connectivity index (χ0n) is 12.9. The van der Waals surface area contributed by atoms with Gasteiger partial charge in [0, 0.05) is 0 Å². The van der Waals surface area contributed by atoms with Crippen LogP contribution in [0.5, 0.6) is 0 Å². The zero-order valence-corrected chi connectivity index (χ0v) is 12.9. The largest absolute Gasteiger partial charge is 0.479 e. The number of aliphatic carboxylic acids is 1. The average Bonchev–Trinajstić information content (AvgIpc) is 2.45. The second-order valence-electron chi connectivity index (χ2n) is 5.41. The van der Waals surface area contributed by atoms with Crippen LogP contribution in [-0.2, 0) is 9.59 Å². The Labute approximate surface area is 130 Å². The molecule has 0 spiro atoms. The summed E-state index contributed by atoms with van der Waals surface area (Å²) >= 11 is 0. The average molecular weight is 297 g/mol. The lowest BCUT2D eigenvalue weighted by Gasteiger charge is -2.28. The standard InChI is InChI=1S/C18H19NO3/c1-12-9-13(2)16(14(3)10-12)19(11-20)17(18(21)22)15-7-5-4-6-8-15/h4-11,17H,1-3H3,(H,21,22). The van der Waals surface area contributed by atoms with Gasteiger partial charge in [0.2, 0.25) is 6.41 Å². The molecule has 114 valence electrons. The van der Waals surface area contributed by atoms with Crippen LogP contribution in [0.4, 0.5) is 5.69 Å². The summed E-state index contributed by atoms with van der Waals surface area (Å²) in [5.41, 5.74) is 4.06. The number of carbonyl (C=O) groups excluding carboxylic acids is 1. The Morgan fingerprint density at radius 2 is 1.64 bits per heavy atom. The van der Waals surface area contributed by atoms with Gasteiger partial charge >= 0.3 is 5.97 Å². The van der Waals surface area contributed by atoms with Crippen LogP contribution in [0.3, 0.4) is 0 Å². The van der Waals surface area contributed by atoms with Crippen LogP contribution in [-0.4, -0.2) is 17.5 Å². The van der Waals surface area contributed by atoms with Gasteiger partial charge in [0.05, 0.1) is 5.69 Å². The fourth-order valence-corrected chi connectivity index (χ4v) is 2.88. The minimum absolute atomic E-state index is 0.571. The van der Waals surface area contributed by atoms with Crippen LogP contribution in [0.25, 0.3) is 0 Å². The Bertz CT molecular complexity index is 672. The first-order valence-corrected chi connectivity index (χ1v) is 7.05. The Morgan fingerprint density at radius 1 is 1.09 bits per heavy atom. The van der Waals surface area contributed by atoms with E-state index in [0.717, 1.165) is 16.7 Å². The smallest absolute Gasteiger partial charge is 0.331 e. The molecule has 2 rings (SSSR count). The fraction of sp³-hybridized carbons (Fsp3) is 0.222. The molecular formula is C18H19NO3. The monoisotopic (exact) mass is 297 g/mol. The number of carboxylic acids is 1. The molecule has 1 atom stereocenters. The molecule has 2 aromatic carbocycles. The highest BCUT2D eigenvalue weighted by molar-refractivity contribution is 5.91. The topological polar surface area (TPSA) is 57.6 Å². The summed E-state index contributed by atoms with van der Waals surface area (Å²) in [6.45, 7) is 5.74. The maximum atomic E-state index is 11.8. The highest BCUT2D eigenvalue weighted by Crippen LogP contribution is 2.32. The molecule has 0 saturated carbocycles. The second-order valence-corrected chi connectivity index (χ2v) is 5.41. The molecule has 0 radical (unpaired) electrons. The molecule has 1 unspecified atom stereocenters. The molecule has 2 aromatic rings. The molecule has 4 heteroatoms. The number of nitrogens with zero attached hydrogens (tertiary/aromatic N) is 1. The molecule has 0 aromatic heterocycles. The first-order valence-electron chi connectivity index (χ1n) is 7.05. The third kappa shape index (κ3) is 3.01. The van der Waals surface area contributed by atoms with E-state index in [1.165, 1.54) is 4.90 Å². The number of hydrogen-bond acceptors (Lipinski definition) is 2. The number of amides is 1. The molecule has 0 fully saturated rings. The molecule has 0 saturated heterocycles. The lowest BCUT2D eigenvalue weighted by atomic mass is 10.00. The number of carbonyl (C=O) groups is 2. The molecule has 4 nitrogen and oxygen atoms in total. The van der Waals surface area contributed by atoms with E-state index < -0.39 is 12.0 Å². The maximum absolute atomic E-state index is 11.8. The number of rotatable bonds is 5. The third-order valence-corrected chi connectivity index (χ3v) is 3.63. The van der Waals surface area contributed by atoms with E-state index in [2.05, 4.69) is 0 Å². The van der Waals surface area contributed by atoms with E-state index in [4.69, 9.17) is 0 Å². The van der Waals surface area contributed by atoms with Crippen LogP contribution < -0.4 is 4.90 Å². The summed E-state index contributed by atoms with van der Waals surface area (Å²) < 4.78 is 0. The van der Waals surface area contributed by atoms with Gasteiger partial charge in [-0.2, -0.15) is 0 Å². The SMILES string of the molecule is Cc1cc(C)c(N(C=O)C(C(=O)O)c2ccccc2)c(C)c1. The van der Waals surface area contributed by atoms with Gasteiger partial charge < -0.3 is 5.11 Å². The van der Waals surface area contributed by atoms with Crippen molar-refractivity contribution in [2.45, 2.75) is 26.8 Å². The Kier molecular flexibility index (Phi) is 4.61. The molecule has 1 amide bonds. The van der Waals surface area contributed by atoms with Crippen molar-refractivity contribution in [3.05, 3.63) is 64.7 Å². The van der Waals surface area contributed by atoms with Crippen LogP contribution >= 0.6 is 0 Å². The second kappa shape index (κ2) is 6.43. The number of aryl methyl sites for hydroxylation is 3. The molecule has 0 aliphatic rings. The van der Waals surface area contributed by atoms with E-state index in [1.807, 2.05) is 39.0 Å². The highest BCUT2D eigenvalue weighted by Gasteiger charge is 2.29. The van der Waals surface area contributed by atoms with E-state index in [1.54, 1.807) is 24.3 Å². The summed E-state index contributed by atoms with van der Waals surface area (Å²) in [5, 5.41) is 9.63. The number of carboxylic acid groups (broad SMARTS) is 1. The van der Waals surface area contributed by atoms with Crippen LogP contribution in [0.2, 0.25) is 0 Å². The highest BCUT2D eigenvalue weighted by atomic mass is 16.4. The quantitative estimate of drug-likeness (QED) is 0.860. The molecule has 0 aliphatic carbocycles. The number of benzene rings is 2. The zero-order chi connectivity index (χ0) is 16.3. The first kappa shape index (κ1) is 15.8. The van der Waals surface area contributed by atoms with E-state index in [-0.39, 0.29) is 0 Å². The predicted octanol–water partition coefficient (Wildman–Crippen LogP) is 3.40. The number of hydrogen-bond donors (Lipinski definition) is 1. The van der Waals surface area contributed by atoms with Crippen molar-refractivity contribution in [1.82, 2.24) is 0 Å². The molecule has 0 bridgehead atoms. The van der Waals surface area contributed by atoms with Gasteiger partial charge in [-0.3, -0.25) is 9.69 Å². The Hall–Kier alpha value is -2.62. The van der Waals surface area contributed by atoms with Gasteiger partial charge in [0.15, 0.2) is 6.04 Å². The third-order valence-electron chi connectivity index (χ3n) is 3.63. The lowest BCUT2D eigenvalue weighted by molar-refractivity contribution is -0.139. The maximum Gasteiger partial charge on any atom is 0.331 e. The van der Waals surface area contributed by atoms with Crippen molar-refractivity contribution < 1.29 is 14.7 Å². The Morgan fingerprint density at radius 3 is 2.09 bits per heavy atom. The van der Waals surface area contributed by atoms with E-state index in [0.29, 0.717) is 17.7 Å². The van der Waals surface area contributed by atoms with Gasteiger partial charge in [0.25, 0.3) is 0 Å². The van der Waals surface area contributed by atoms with Gasteiger partial charge in [-0.1, -0.05) is 48.0 Å². The van der Waals surface area contributed by atoms with Crippen molar-refractivity contribution in [1.29, 1.82) is 0 Å². The van der Waals surface area contributed by atoms with Gasteiger partial charge in [-0.15, -0.1) is 0 Å². The van der Waals surface area contributed by atoms with Crippen LogP contribution in [0, 0.1) is 20.8 Å². The van der Waals surface area contributed by atoms with Gasteiger partial charge in [-0.05, 0) is 37.5 Å². The van der Waals surface area contributed by atoms with Crippen molar-refractivity contribution in [2.24, 2.45) is 0 Å². The normalized spacial score (nSPS) is 11.8. The van der Waals surface area contributed by atoms with Crippen LogP contribution in [0.1, 0.15) is 28.3 Å². The summed E-state index contributed by atoms with van der Waals surface area (Å²) in [5.74, 6) is -1.06.